The molecule has 0 radical (unpaired) electrons. The van der Waals surface area contributed by atoms with Crippen molar-refractivity contribution in [3.8, 4) is 5.69 Å². The second kappa shape index (κ2) is 10.0. The molecule has 1 unspecified atom stereocenters. The largest absolute Gasteiger partial charge is 0.325 e. The number of hydrogen-bond donors (Lipinski definition) is 2. The molecular formula is C22H26N6O3S2. The SMILES string of the molecule is CC(Sc1nnc(CN2CCCC2)n1-c1ccccc1)C(=O)Nc1cccc(S(N)(=O)=O)c1. The number of aromatic nitrogens is 3. The van der Waals surface area contributed by atoms with Gasteiger partial charge in [0.25, 0.3) is 0 Å². The second-order valence-electron chi connectivity index (χ2n) is 7.88. The van der Waals surface area contributed by atoms with Crippen LogP contribution in [0.5, 0.6) is 0 Å². The van der Waals surface area contributed by atoms with E-state index in [1.54, 1.807) is 13.0 Å². The molecule has 2 heterocycles. The molecule has 33 heavy (non-hydrogen) atoms. The van der Waals surface area contributed by atoms with Crippen molar-refractivity contribution in [3.63, 3.8) is 0 Å². The van der Waals surface area contributed by atoms with Crippen LogP contribution in [0.4, 0.5) is 5.69 Å². The third-order valence-corrected chi connectivity index (χ3v) is 7.31. The van der Waals surface area contributed by atoms with E-state index in [0.29, 0.717) is 17.4 Å². The summed E-state index contributed by atoms with van der Waals surface area (Å²) >= 11 is 1.30. The topological polar surface area (TPSA) is 123 Å². The number of hydrogen-bond acceptors (Lipinski definition) is 7. The Kier molecular flexibility index (Phi) is 7.13. The molecule has 1 aromatic heterocycles. The summed E-state index contributed by atoms with van der Waals surface area (Å²) in [4.78, 5) is 15.1. The fourth-order valence-electron chi connectivity index (χ4n) is 3.66. The second-order valence-corrected chi connectivity index (χ2v) is 10.7. The maximum absolute atomic E-state index is 12.8. The van der Waals surface area contributed by atoms with Crippen LogP contribution in [0.15, 0.2) is 64.6 Å². The summed E-state index contributed by atoms with van der Waals surface area (Å²) in [6.45, 7) is 4.55. The first-order chi connectivity index (χ1) is 15.8. The number of nitrogens with zero attached hydrogens (tertiary/aromatic N) is 4. The molecule has 3 aromatic rings. The third-order valence-electron chi connectivity index (χ3n) is 5.36. The number of rotatable bonds is 8. The van der Waals surface area contributed by atoms with Crippen LogP contribution in [-0.2, 0) is 21.4 Å². The zero-order chi connectivity index (χ0) is 23.4. The molecule has 1 aliphatic heterocycles. The molecule has 0 spiro atoms. The van der Waals surface area contributed by atoms with Crippen molar-refractivity contribution in [3.05, 3.63) is 60.4 Å². The lowest BCUT2D eigenvalue weighted by Crippen LogP contribution is -2.23. The van der Waals surface area contributed by atoms with Gasteiger partial charge in [-0.1, -0.05) is 36.0 Å². The molecule has 4 rings (SSSR count). The van der Waals surface area contributed by atoms with Gasteiger partial charge >= 0.3 is 0 Å². The summed E-state index contributed by atoms with van der Waals surface area (Å²) in [5.74, 6) is 0.550. The van der Waals surface area contributed by atoms with E-state index in [4.69, 9.17) is 5.14 Å². The summed E-state index contributed by atoms with van der Waals surface area (Å²) in [7, 11) is -3.86. The number of para-hydroxylation sites is 1. The highest BCUT2D eigenvalue weighted by Crippen LogP contribution is 2.27. The number of sulfonamides is 1. The smallest absolute Gasteiger partial charge is 0.238 e. The number of amides is 1. The van der Waals surface area contributed by atoms with Gasteiger partial charge in [-0.3, -0.25) is 14.3 Å². The number of carbonyl (C=O) groups excluding carboxylic acids is 1. The molecule has 0 saturated carbocycles. The highest BCUT2D eigenvalue weighted by atomic mass is 32.2. The Morgan fingerprint density at radius 2 is 1.85 bits per heavy atom. The van der Waals surface area contributed by atoms with Gasteiger partial charge in [-0.15, -0.1) is 10.2 Å². The van der Waals surface area contributed by atoms with Gasteiger partial charge in [0.15, 0.2) is 11.0 Å². The first-order valence-corrected chi connectivity index (χ1v) is 13.1. The highest BCUT2D eigenvalue weighted by Gasteiger charge is 2.23. The Hall–Kier alpha value is -2.73. The molecule has 1 fully saturated rings. The van der Waals surface area contributed by atoms with Crippen molar-refractivity contribution in [2.24, 2.45) is 5.14 Å². The Morgan fingerprint density at radius 3 is 2.55 bits per heavy atom. The molecule has 3 N–H and O–H groups in total. The highest BCUT2D eigenvalue weighted by molar-refractivity contribution is 8.00. The van der Waals surface area contributed by atoms with Crippen molar-refractivity contribution < 1.29 is 13.2 Å². The molecule has 9 nitrogen and oxygen atoms in total. The summed E-state index contributed by atoms with van der Waals surface area (Å²) in [6.07, 6.45) is 2.37. The monoisotopic (exact) mass is 486 g/mol. The van der Waals surface area contributed by atoms with Crippen molar-refractivity contribution in [1.29, 1.82) is 0 Å². The molecule has 0 aliphatic carbocycles. The average Bonchev–Trinajstić information content (AvgIpc) is 3.44. The van der Waals surface area contributed by atoms with Crippen molar-refractivity contribution >= 4 is 33.4 Å². The van der Waals surface area contributed by atoms with Crippen LogP contribution < -0.4 is 10.5 Å². The number of primary sulfonamides is 1. The van der Waals surface area contributed by atoms with Crippen LogP contribution in [0.3, 0.4) is 0 Å². The molecule has 11 heteroatoms. The van der Waals surface area contributed by atoms with Gasteiger partial charge in [0.2, 0.25) is 15.9 Å². The summed E-state index contributed by atoms with van der Waals surface area (Å²) in [6, 6.07) is 15.7. The van der Waals surface area contributed by atoms with E-state index in [1.807, 2.05) is 34.9 Å². The number of nitrogens with one attached hydrogen (secondary N) is 1. The zero-order valence-electron chi connectivity index (χ0n) is 18.2. The summed E-state index contributed by atoms with van der Waals surface area (Å²) in [5, 5.41) is 16.9. The first-order valence-electron chi connectivity index (χ1n) is 10.6. The molecule has 1 atom stereocenters. The van der Waals surface area contributed by atoms with Gasteiger partial charge in [-0.25, -0.2) is 13.6 Å². The number of thioether (sulfide) groups is 1. The van der Waals surface area contributed by atoms with E-state index in [1.165, 1.54) is 42.8 Å². The molecule has 1 aliphatic rings. The van der Waals surface area contributed by atoms with Gasteiger partial charge in [0.05, 0.1) is 16.7 Å². The predicted octanol–water partition coefficient (Wildman–Crippen LogP) is 2.63. The minimum atomic E-state index is -3.86. The normalized spacial score (nSPS) is 15.5. The van der Waals surface area contributed by atoms with E-state index in [-0.39, 0.29) is 10.8 Å². The van der Waals surface area contributed by atoms with E-state index in [9.17, 15) is 13.2 Å². The molecular weight excluding hydrogens is 460 g/mol. The Morgan fingerprint density at radius 1 is 1.12 bits per heavy atom. The zero-order valence-corrected chi connectivity index (χ0v) is 19.8. The fraction of sp³-hybridized carbons (Fsp3) is 0.318. The summed E-state index contributed by atoms with van der Waals surface area (Å²) in [5.41, 5.74) is 1.30. The van der Waals surface area contributed by atoms with Gasteiger partial charge in [-0.05, 0) is 63.2 Å². The standard InChI is InChI=1S/C22H26N6O3S2/c1-16(21(29)24-17-8-7-11-19(14-17)33(23,30)31)32-22-26-25-20(15-27-12-5-6-13-27)28(22)18-9-3-2-4-10-18/h2-4,7-11,14,16H,5-6,12-13,15H2,1H3,(H,24,29)(H2,23,30,31). The average molecular weight is 487 g/mol. The molecule has 0 bridgehead atoms. The van der Waals surface area contributed by atoms with Crippen LogP contribution in [0.25, 0.3) is 5.69 Å². The van der Waals surface area contributed by atoms with Crippen LogP contribution >= 0.6 is 11.8 Å². The number of carbonyl (C=O) groups is 1. The van der Waals surface area contributed by atoms with Crippen LogP contribution in [-0.4, -0.2) is 52.3 Å². The lowest BCUT2D eigenvalue weighted by molar-refractivity contribution is -0.115. The number of anilines is 1. The van der Waals surface area contributed by atoms with E-state index in [0.717, 1.165) is 24.6 Å². The third kappa shape index (κ3) is 5.80. The Balaban J connectivity index is 1.53. The van der Waals surface area contributed by atoms with Crippen molar-refractivity contribution in [2.45, 2.75) is 41.6 Å². The van der Waals surface area contributed by atoms with Gasteiger partial charge in [0.1, 0.15) is 0 Å². The quantitative estimate of drug-likeness (QED) is 0.469. The van der Waals surface area contributed by atoms with Crippen molar-refractivity contribution in [2.75, 3.05) is 18.4 Å². The number of nitrogens with two attached hydrogens (primary N) is 1. The maximum atomic E-state index is 12.8. The predicted molar refractivity (Wildman–Crippen MR) is 128 cm³/mol. The minimum absolute atomic E-state index is 0.0593. The molecule has 1 saturated heterocycles. The minimum Gasteiger partial charge on any atom is -0.325 e. The molecule has 2 aromatic carbocycles. The van der Waals surface area contributed by atoms with E-state index in [2.05, 4.69) is 20.4 Å². The van der Waals surface area contributed by atoms with Gasteiger partial charge < -0.3 is 5.32 Å². The Bertz CT molecular complexity index is 1220. The maximum Gasteiger partial charge on any atom is 0.238 e. The van der Waals surface area contributed by atoms with E-state index < -0.39 is 15.3 Å². The summed E-state index contributed by atoms with van der Waals surface area (Å²) < 4.78 is 25.2. The van der Waals surface area contributed by atoms with Crippen LogP contribution in [0.2, 0.25) is 0 Å². The van der Waals surface area contributed by atoms with E-state index >= 15 is 0 Å². The number of likely N-dealkylation sites (tertiary alicyclic amines) is 1. The fourth-order valence-corrected chi connectivity index (χ4v) is 5.11. The van der Waals surface area contributed by atoms with Crippen LogP contribution in [0.1, 0.15) is 25.6 Å². The molecule has 174 valence electrons. The van der Waals surface area contributed by atoms with Crippen molar-refractivity contribution in [1.82, 2.24) is 19.7 Å². The number of benzene rings is 2. The lowest BCUT2D eigenvalue weighted by Gasteiger charge is -2.17. The Labute approximate surface area is 197 Å². The van der Waals surface area contributed by atoms with Gasteiger partial charge in [0, 0.05) is 11.4 Å². The first kappa shape index (κ1) is 23.4. The van der Waals surface area contributed by atoms with Crippen LogP contribution in [0, 0.1) is 0 Å². The lowest BCUT2D eigenvalue weighted by atomic mass is 10.3. The molecule has 1 amide bonds. The van der Waals surface area contributed by atoms with Gasteiger partial charge in [-0.2, -0.15) is 0 Å².